The van der Waals surface area contributed by atoms with E-state index < -0.39 is 0 Å². The molecule has 1 aliphatic heterocycles. The van der Waals surface area contributed by atoms with Crippen LogP contribution in [0, 0.1) is 11.7 Å². The highest BCUT2D eigenvalue weighted by molar-refractivity contribution is 5.82. The molecule has 5 nitrogen and oxygen atoms in total. The van der Waals surface area contributed by atoms with Crippen molar-refractivity contribution in [2.24, 2.45) is 5.92 Å². The van der Waals surface area contributed by atoms with Crippen molar-refractivity contribution < 1.29 is 18.7 Å². The van der Waals surface area contributed by atoms with Crippen LogP contribution in [0.15, 0.2) is 24.3 Å². The molecule has 1 aromatic carbocycles. The lowest BCUT2D eigenvalue weighted by atomic mass is 9.82. The van der Waals surface area contributed by atoms with Gasteiger partial charge in [0.1, 0.15) is 11.6 Å². The van der Waals surface area contributed by atoms with E-state index in [0.29, 0.717) is 12.3 Å². The third-order valence-electron chi connectivity index (χ3n) is 5.59. The molecule has 0 aromatic heterocycles. The highest BCUT2D eigenvalue weighted by atomic mass is 19.1. The first-order valence-corrected chi connectivity index (χ1v) is 10.1. The number of hydrogen-bond donors (Lipinski definition) is 1. The summed E-state index contributed by atoms with van der Waals surface area (Å²) in [6, 6.07) is 5.61. The van der Waals surface area contributed by atoms with Crippen molar-refractivity contribution in [3.63, 3.8) is 0 Å². The molecular weight excluding hydrogens is 347 g/mol. The van der Waals surface area contributed by atoms with E-state index in [1.807, 2.05) is 4.90 Å². The molecule has 6 heteroatoms. The monoisotopic (exact) mass is 376 g/mol. The van der Waals surface area contributed by atoms with Crippen molar-refractivity contribution in [1.29, 1.82) is 0 Å². The average molecular weight is 376 g/mol. The lowest BCUT2D eigenvalue weighted by Crippen LogP contribution is -2.52. The molecule has 1 aromatic rings. The maximum Gasteiger partial charge on any atom is 0.260 e. The minimum Gasteiger partial charge on any atom is -0.484 e. The van der Waals surface area contributed by atoms with Crippen molar-refractivity contribution in [3.05, 3.63) is 30.1 Å². The van der Waals surface area contributed by atoms with Crippen LogP contribution in [0.2, 0.25) is 0 Å². The van der Waals surface area contributed by atoms with E-state index in [1.165, 1.54) is 24.3 Å². The Hall–Kier alpha value is -2.11. The third-order valence-corrected chi connectivity index (χ3v) is 5.59. The molecule has 1 aliphatic carbocycles. The molecule has 1 saturated heterocycles. The van der Waals surface area contributed by atoms with E-state index in [2.05, 4.69) is 5.32 Å². The maximum absolute atomic E-state index is 13.0. The number of amides is 2. The molecule has 0 radical (unpaired) electrons. The van der Waals surface area contributed by atoms with Gasteiger partial charge in [-0.15, -0.1) is 0 Å². The SMILES string of the molecule is O=C1NCCCCCCN(C(=O)COc2ccc(F)cc2)C2CCCCC12. The summed E-state index contributed by atoms with van der Waals surface area (Å²) in [6.07, 6.45) is 7.81. The molecule has 2 aliphatic rings. The molecule has 2 amide bonds. The molecule has 27 heavy (non-hydrogen) atoms. The number of ether oxygens (including phenoxy) is 1. The van der Waals surface area contributed by atoms with E-state index in [1.54, 1.807) is 0 Å². The van der Waals surface area contributed by atoms with E-state index >= 15 is 0 Å². The fourth-order valence-electron chi connectivity index (χ4n) is 4.13. The third kappa shape index (κ3) is 5.44. The van der Waals surface area contributed by atoms with Crippen LogP contribution >= 0.6 is 0 Å². The summed E-state index contributed by atoms with van der Waals surface area (Å²) in [4.78, 5) is 27.5. The second kappa shape index (κ2) is 9.72. The smallest absolute Gasteiger partial charge is 0.260 e. The van der Waals surface area contributed by atoms with Crippen LogP contribution in [0.5, 0.6) is 5.75 Å². The summed E-state index contributed by atoms with van der Waals surface area (Å²) in [5.41, 5.74) is 0. The highest BCUT2D eigenvalue weighted by Gasteiger charge is 2.37. The number of nitrogens with zero attached hydrogens (tertiary/aromatic N) is 1. The second-order valence-corrected chi connectivity index (χ2v) is 7.49. The van der Waals surface area contributed by atoms with E-state index in [9.17, 15) is 14.0 Å². The van der Waals surface area contributed by atoms with Gasteiger partial charge in [0.05, 0.1) is 5.92 Å². The number of rotatable bonds is 3. The number of benzene rings is 1. The van der Waals surface area contributed by atoms with E-state index in [4.69, 9.17) is 4.74 Å². The van der Waals surface area contributed by atoms with Crippen LogP contribution in [0.25, 0.3) is 0 Å². The Bertz CT molecular complexity index is 635. The van der Waals surface area contributed by atoms with Gasteiger partial charge in [-0.1, -0.05) is 25.7 Å². The Morgan fingerprint density at radius 3 is 2.63 bits per heavy atom. The Kier molecular flexibility index (Phi) is 7.07. The van der Waals surface area contributed by atoms with Crippen LogP contribution in [0.4, 0.5) is 4.39 Å². The van der Waals surface area contributed by atoms with Crippen molar-refractivity contribution in [2.45, 2.75) is 57.4 Å². The first-order valence-electron chi connectivity index (χ1n) is 10.1. The van der Waals surface area contributed by atoms with Gasteiger partial charge in [-0.2, -0.15) is 0 Å². The summed E-state index contributed by atoms with van der Waals surface area (Å²) in [7, 11) is 0. The molecule has 1 N–H and O–H groups in total. The number of fused-ring (bicyclic) bond motifs is 1. The van der Waals surface area contributed by atoms with Gasteiger partial charge in [0.15, 0.2) is 6.61 Å². The van der Waals surface area contributed by atoms with Crippen molar-refractivity contribution in [2.75, 3.05) is 19.7 Å². The van der Waals surface area contributed by atoms with Crippen LogP contribution < -0.4 is 10.1 Å². The van der Waals surface area contributed by atoms with Crippen molar-refractivity contribution in [1.82, 2.24) is 10.2 Å². The number of halogens is 1. The predicted octanol–water partition coefficient (Wildman–Crippen LogP) is 3.28. The molecule has 2 unspecified atom stereocenters. The van der Waals surface area contributed by atoms with Gasteiger partial charge in [-0.25, -0.2) is 4.39 Å². The van der Waals surface area contributed by atoms with Crippen LogP contribution in [-0.2, 0) is 9.59 Å². The first kappa shape index (κ1) is 19.6. The fourth-order valence-corrected chi connectivity index (χ4v) is 4.13. The molecule has 1 saturated carbocycles. The van der Waals surface area contributed by atoms with Gasteiger partial charge >= 0.3 is 0 Å². The Balaban J connectivity index is 1.70. The molecule has 148 valence electrons. The number of hydrogen-bond acceptors (Lipinski definition) is 3. The Labute approximate surface area is 160 Å². The molecular formula is C21H29FN2O3. The number of carbonyl (C=O) groups is 2. The van der Waals surface area contributed by atoms with Gasteiger partial charge in [-0.05, 0) is 49.9 Å². The summed E-state index contributed by atoms with van der Waals surface area (Å²) >= 11 is 0. The molecule has 1 heterocycles. The quantitative estimate of drug-likeness (QED) is 0.881. The van der Waals surface area contributed by atoms with E-state index in [-0.39, 0.29) is 36.2 Å². The van der Waals surface area contributed by atoms with Crippen molar-refractivity contribution in [3.8, 4) is 5.75 Å². The first-order chi connectivity index (χ1) is 13.1. The molecule has 0 spiro atoms. The normalized spacial score (nSPS) is 24.3. The standard InChI is InChI=1S/C21H29FN2O3/c22-16-9-11-17(12-10-16)27-15-20(25)24-14-6-2-1-5-13-23-21(26)18-7-3-4-8-19(18)24/h9-12,18-19H,1-8,13-15H2,(H,23,26). The van der Waals surface area contributed by atoms with E-state index in [0.717, 1.165) is 57.9 Å². The molecule has 3 rings (SSSR count). The zero-order valence-electron chi connectivity index (χ0n) is 15.8. The molecule has 0 bridgehead atoms. The minimum absolute atomic E-state index is 0.0545. The van der Waals surface area contributed by atoms with Gasteiger partial charge in [-0.3, -0.25) is 9.59 Å². The average Bonchev–Trinajstić information content (AvgIpc) is 2.72. The molecule has 2 fully saturated rings. The van der Waals surface area contributed by atoms with Gasteiger partial charge in [0.2, 0.25) is 5.91 Å². The fraction of sp³-hybridized carbons (Fsp3) is 0.619. The summed E-state index contributed by atoms with van der Waals surface area (Å²) in [5.74, 6) is -0.00816. The lowest BCUT2D eigenvalue weighted by Gasteiger charge is -2.39. The van der Waals surface area contributed by atoms with Crippen molar-refractivity contribution >= 4 is 11.8 Å². The lowest BCUT2D eigenvalue weighted by molar-refractivity contribution is -0.140. The number of carbonyl (C=O) groups excluding carboxylic acids is 2. The van der Waals surface area contributed by atoms with Crippen LogP contribution in [0.3, 0.4) is 0 Å². The van der Waals surface area contributed by atoms with Gasteiger partial charge in [0.25, 0.3) is 5.91 Å². The zero-order chi connectivity index (χ0) is 19.1. The topological polar surface area (TPSA) is 58.6 Å². The highest BCUT2D eigenvalue weighted by Crippen LogP contribution is 2.30. The van der Waals surface area contributed by atoms with Gasteiger partial charge < -0.3 is 15.0 Å². The predicted molar refractivity (Wildman–Crippen MR) is 101 cm³/mol. The number of nitrogens with one attached hydrogen (secondary N) is 1. The summed E-state index contributed by atoms with van der Waals surface area (Å²) in [6.45, 7) is 1.31. The summed E-state index contributed by atoms with van der Waals surface area (Å²) < 4.78 is 18.6. The maximum atomic E-state index is 13.0. The zero-order valence-corrected chi connectivity index (χ0v) is 15.8. The largest absolute Gasteiger partial charge is 0.484 e. The Morgan fingerprint density at radius 2 is 1.81 bits per heavy atom. The Morgan fingerprint density at radius 1 is 1.07 bits per heavy atom. The van der Waals surface area contributed by atoms with Crippen LogP contribution in [0.1, 0.15) is 51.4 Å². The van der Waals surface area contributed by atoms with Gasteiger partial charge in [0, 0.05) is 19.1 Å². The second-order valence-electron chi connectivity index (χ2n) is 7.49. The molecule has 2 atom stereocenters. The summed E-state index contributed by atoms with van der Waals surface area (Å²) in [5, 5.41) is 3.06. The minimum atomic E-state index is -0.336. The van der Waals surface area contributed by atoms with Crippen LogP contribution in [-0.4, -0.2) is 42.5 Å².